The molecule has 4 rings (SSSR count). The van der Waals surface area contributed by atoms with E-state index in [2.05, 4.69) is 49.1 Å². The number of amides is 1. The smallest absolute Gasteiger partial charge is 0.270 e. The summed E-state index contributed by atoms with van der Waals surface area (Å²) in [6.45, 7) is 8.10. The molecule has 0 spiro atoms. The number of piperidine rings is 1. The Labute approximate surface area is 222 Å². The zero-order valence-corrected chi connectivity index (χ0v) is 22.9. The lowest BCUT2D eigenvalue weighted by molar-refractivity contribution is -0.122. The van der Waals surface area contributed by atoms with E-state index in [1.807, 2.05) is 12.1 Å². The van der Waals surface area contributed by atoms with E-state index < -0.39 is 0 Å². The van der Waals surface area contributed by atoms with Crippen molar-refractivity contribution in [1.29, 1.82) is 5.26 Å². The maximum absolute atomic E-state index is 13.2. The Hall–Kier alpha value is -2.89. The summed E-state index contributed by atoms with van der Waals surface area (Å²) >= 11 is 6.78. The number of anilines is 1. The number of thiocarbonyl (C=S) groups is 1. The molecule has 36 heavy (non-hydrogen) atoms. The third-order valence-electron chi connectivity index (χ3n) is 6.95. The third-order valence-corrected chi connectivity index (χ3v) is 8.32. The van der Waals surface area contributed by atoms with E-state index in [1.54, 1.807) is 23.4 Å². The van der Waals surface area contributed by atoms with Crippen molar-refractivity contribution in [3.05, 3.63) is 67.8 Å². The molecule has 2 aromatic rings. The Bertz CT molecular complexity index is 1300. The average molecular weight is 521 g/mol. The molecule has 0 unspecified atom stereocenters. The normalized spacial score (nSPS) is 17.9. The van der Waals surface area contributed by atoms with Crippen molar-refractivity contribution < 1.29 is 4.79 Å². The quantitative estimate of drug-likeness (QED) is 0.399. The second-order valence-electron chi connectivity index (χ2n) is 10.0. The van der Waals surface area contributed by atoms with Gasteiger partial charge in [-0.25, -0.2) is 0 Å². The number of hydrogen-bond donors (Lipinski definition) is 0. The van der Waals surface area contributed by atoms with E-state index in [1.165, 1.54) is 17.3 Å². The number of carbonyl (C=O) groups is 1. The number of aromatic nitrogens is 1. The van der Waals surface area contributed by atoms with Crippen molar-refractivity contribution in [2.24, 2.45) is 18.9 Å². The molecule has 1 amide bonds. The summed E-state index contributed by atoms with van der Waals surface area (Å²) in [6.07, 6.45) is 4.90. The molecule has 0 saturated carbocycles. The molecule has 0 N–H and O–H groups in total. The molecule has 1 aromatic heterocycles. The monoisotopic (exact) mass is 520 g/mol. The number of benzene rings is 1. The van der Waals surface area contributed by atoms with Gasteiger partial charge in [-0.05, 0) is 55.2 Å². The van der Waals surface area contributed by atoms with Crippen LogP contribution in [-0.2, 0) is 18.3 Å². The van der Waals surface area contributed by atoms with Crippen LogP contribution in [0.5, 0.6) is 0 Å². The van der Waals surface area contributed by atoms with Crippen LogP contribution in [0.1, 0.15) is 48.9 Å². The zero-order valence-electron chi connectivity index (χ0n) is 21.3. The molecule has 2 aliphatic heterocycles. The highest BCUT2D eigenvalue weighted by Crippen LogP contribution is 2.37. The Balaban J connectivity index is 1.67. The first-order valence-corrected chi connectivity index (χ1v) is 13.6. The largest absolute Gasteiger partial charge is 0.357 e. The summed E-state index contributed by atoms with van der Waals surface area (Å²) in [7, 11) is 1.72. The minimum atomic E-state index is -0.305. The van der Waals surface area contributed by atoms with E-state index in [-0.39, 0.29) is 17.0 Å². The summed E-state index contributed by atoms with van der Waals surface area (Å²) in [6, 6.07) is 12.6. The van der Waals surface area contributed by atoms with E-state index in [4.69, 9.17) is 12.2 Å². The highest BCUT2D eigenvalue weighted by atomic mass is 32.2. The fourth-order valence-corrected chi connectivity index (χ4v) is 6.30. The fraction of sp³-hybridized carbons (Fsp3) is 0.429. The molecule has 2 aliphatic rings. The number of nitrogens with zero attached hydrogens (tertiary/aromatic N) is 4. The summed E-state index contributed by atoms with van der Waals surface area (Å²) in [4.78, 5) is 30.7. The predicted molar refractivity (Wildman–Crippen MR) is 151 cm³/mol. The molecule has 0 bridgehead atoms. The van der Waals surface area contributed by atoms with Crippen LogP contribution < -0.4 is 10.5 Å². The molecular weight excluding hydrogens is 488 g/mol. The van der Waals surface area contributed by atoms with Crippen LogP contribution in [-0.4, -0.2) is 39.3 Å². The summed E-state index contributed by atoms with van der Waals surface area (Å²) in [5.41, 5.74) is 2.52. The maximum Gasteiger partial charge on any atom is 0.270 e. The van der Waals surface area contributed by atoms with Crippen molar-refractivity contribution in [1.82, 2.24) is 9.47 Å². The predicted octanol–water partition coefficient (Wildman–Crippen LogP) is 4.88. The van der Waals surface area contributed by atoms with Crippen molar-refractivity contribution in [2.75, 3.05) is 24.5 Å². The first-order chi connectivity index (χ1) is 17.2. The van der Waals surface area contributed by atoms with Crippen LogP contribution in [0.2, 0.25) is 0 Å². The number of hydrogen-bond acceptors (Lipinski definition) is 6. The van der Waals surface area contributed by atoms with Crippen LogP contribution in [0, 0.1) is 30.1 Å². The van der Waals surface area contributed by atoms with Gasteiger partial charge in [0.25, 0.3) is 11.5 Å². The lowest BCUT2D eigenvalue weighted by Gasteiger charge is -2.36. The standard InChI is InChI=1S/C28H32N4O2S2/c1-18(2)17-32-27(34)24(36-28(32)35)15-22-19(3)23(16-29)26(33)30(4)25(22)31-12-10-21(11-13-31)14-20-8-6-5-7-9-20/h5-9,15,18,21H,10-14,17H2,1-4H3. The van der Waals surface area contributed by atoms with E-state index in [0.717, 1.165) is 43.7 Å². The number of rotatable bonds is 6. The highest BCUT2D eigenvalue weighted by molar-refractivity contribution is 8.26. The van der Waals surface area contributed by atoms with Gasteiger partial charge in [0.1, 0.15) is 21.8 Å². The molecule has 0 radical (unpaired) electrons. The van der Waals surface area contributed by atoms with Crippen LogP contribution >= 0.6 is 24.0 Å². The zero-order chi connectivity index (χ0) is 26.0. The maximum atomic E-state index is 13.2. The molecule has 0 atom stereocenters. The van der Waals surface area contributed by atoms with Crippen LogP contribution in [0.25, 0.3) is 6.08 Å². The summed E-state index contributed by atoms with van der Waals surface area (Å²) in [5, 5.41) is 9.72. The second kappa shape index (κ2) is 11.0. The lowest BCUT2D eigenvalue weighted by Crippen LogP contribution is -2.39. The number of nitriles is 1. The third kappa shape index (κ3) is 5.28. The van der Waals surface area contributed by atoms with Gasteiger partial charge in [-0.2, -0.15) is 5.26 Å². The molecule has 2 fully saturated rings. The molecule has 2 saturated heterocycles. The molecule has 8 heteroatoms. The topological polar surface area (TPSA) is 69.3 Å². The summed E-state index contributed by atoms with van der Waals surface area (Å²) in [5.74, 6) is 1.53. The van der Waals surface area contributed by atoms with Crippen molar-refractivity contribution in [3.63, 3.8) is 0 Å². The van der Waals surface area contributed by atoms with Crippen molar-refractivity contribution in [2.45, 2.75) is 40.0 Å². The molecule has 188 valence electrons. The number of pyridine rings is 1. The van der Waals surface area contributed by atoms with E-state index in [9.17, 15) is 14.9 Å². The molecular formula is C28H32N4O2S2. The Kier molecular flexibility index (Phi) is 8.01. The van der Waals surface area contributed by atoms with Crippen LogP contribution in [0.4, 0.5) is 5.82 Å². The van der Waals surface area contributed by atoms with Crippen molar-refractivity contribution >= 4 is 46.1 Å². The van der Waals surface area contributed by atoms with Gasteiger partial charge in [0.15, 0.2) is 0 Å². The van der Waals surface area contributed by atoms with Crippen LogP contribution in [0.15, 0.2) is 40.0 Å². The molecule has 6 nitrogen and oxygen atoms in total. The average Bonchev–Trinajstić information content (AvgIpc) is 3.11. The van der Waals surface area contributed by atoms with Gasteiger partial charge in [-0.15, -0.1) is 0 Å². The van der Waals surface area contributed by atoms with Gasteiger partial charge in [-0.3, -0.25) is 19.1 Å². The second-order valence-corrected chi connectivity index (χ2v) is 11.7. The Morgan fingerprint density at radius 3 is 2.47 bits per heavy atom. The first kappa shape index (κ1) is 26.2. The minimum absolute atomic E-state index is 0.113. The number of thioether (sulfide) groups is 1. The Morgan fingerprint density at radius 1 is 1.19 bits per heavy atom. The van der Waals surface area contributed by atoms with Gasteiger partial charge in [0, 0.05) is 32.2 Å². The molecule has 1 aromatic carbocycles. The van der Waals surface area contributed by atoms with Gasteiger partial charge in [0.05, 0.1) is 4.91 Å². The Morgan fingerprint density at radius 2 is 1.86 bits per heavy atom. The lowest BCUT2D eigenvalue weighted by atomic mass is 9.90. The minimum Gasteiger partial charge on any atom is -0.357 e. The highest BCUT2D eigenvalue weighted by Gasteiger charge is 2.33. The molecule has 0 aliphatic carbocycles. The van der Waals surface area contributed by atoms with Gasteiger partial charge in [-0.1, -0.05) is 68.2 Å². The van der Waals surface area contributed by atoms with Crippen LogP contribution in [0.3, 0.4) is 0 Å². The van der Waals surface area contributed by atoms with E-state index >= 15 is 0 Å². The van der Waals surface area contributed by atoms with E-state index in [0.29, 0.717) is 33.2 Å². The first-order valence-electron chi connectivity index (χ1n) is 12.4. The molecule has 3 heterocycles. The van der Waals surface area contributed by atoms with Crippen molar-refractivity contribution in [3.8, 4) is 6.07 Å². The van der Waals surface area contributed by atoms with Gasteiger partial charge < -0.3 is 4.90 Å². The SMILES string of the molecule is Cc1c(C=C2SC(=S)N(CC(C)C)C2=O)c(N2CCC(Cc3ccccc3)CC2)n(C)c(=O)c1C#N. The van der Waals surface area contributed by atoms with Gasteiger partial charge in [0.2, 0.25) is 0 Å². The number of carbonyl (C=O) groups excluding carboxylic acids is 1. The summed E-state index contributed by atoms with van der Waals surface area (Å²) < 4.78 is 2.12. The van der Waals surface area contributed by atoms with Gasteiger partial charge >= 0.3 is 0 Å². The fourth-order valence-electron chi connectivity index (χ4n) is 5.04.